The molecule has 0 radical (unpaired) electrons. The van der Waals surface area contributed by atoms with Gasteiger partial charge in [-0.25, -0.2) is 4.79 Å². The minimum atomic E-state index is -1.13. The van der Waals surface area contributed by atoms with Crippen LogP contribution in [0.2, 0.25) is 4.34 Å². The maximum atomic E-state index is 12.0. The molecule has 1 aliphatic carbocycles. The lowest BCUT2D eigenvalue weighted by Gasteiger charge is -2.36. The third-order valence-electron chi connectivity index (χ3n) is 3.76. The number of carboxylic acid groups (broad SMARTS) is 1. The van der Waals surface area contributed by atoms with Gasteiger partial charge < -0.3 is 10.4 Å². The Labute approximate surface area is 132 Å². The molecule has 114 valence electrons. The Bertz CT molecular complexity index is 569. The van der Waals surface area contributed by atoms with E-state index in [2.05, 4.69) is 5.32 Å². The van der Waals surface area contributed by atoms with E-state index in [0.717, 1.165) is 17.7 Å². The summed E-state index contributed by atoms with van der Waals surface area (Å²) in [4.78, 5) is 24.5. The van der Waals surface area contributed by atoms with Gasteiger partial charge in [-0.3, -0.25) is 4.79 Å². The molecule has 0 spiro atoms. The first-order chi connectivity index (χ1) is 9.91. The third-order valence-corrected chi connectivity index (χ3v) is 4.96. The molecule has 2 N–H and O–H groups in total. The van der Waals surface area contributed by atoms with E-state index < -0.39 is 11.5 Å². The molecule has 1 aromatic heterocycles. The molecule has 1 aliphatic rings. The predicted octanol–water partition coefficient (Wildman–Crippen LogP) is 3.56. The van der Waals surface area contributed by atoms with Crippen LogP contribution in [-0.4, -0.2) is 22.5 Å². The number of thiophene rings is 1. The van der Waals surface area contributed by atoms with Gasteiger partial charge in [-0.1, -0.05) is 31.4 Å². The Kier molecular flexibility index (Phi) is 5.06. The topological polar surface area (TPSA) is 66.4 Å². The summed E-state index contributed by atoms with van der Waals surface area (Å²) in [5.74, 6) is -1.03. The molecular weight excluding hydrogens is 310 g/mol. The monoisotopic (exact) mass is 327 g/mol. The molecule has 21 heavy (non-hydrogen) atoms. The second-order valence-electron chi connectivity index (χ2n) is 5.55. The molecule has 6 heteroatoms. The molecule has 4 nitrogen and oxygen atoms in total. The van der Waals surface area contributed by atoms with Gasteiger partial charge in [-0.15, -0.1) is 11.3 Å². The molecule has 0 saturated heterocycles. The van der Waals surface area contributed by atoms with Crippen molar-refractivity contribution < 1.29 is 14.7 Å². The van der Waals surface area contributed by atoms with Gasteiger partial charge in [0.05, 0.1) is 4.34 Å². The summed E-state index contributed by atoms with van der Waals surface area (Å²) in [6.45, 7) is 2.02. The van der Waals surface area contributed by atoms with E-state index >= 15 is 0 Å². The second-order valence-corrected chi connectivity index (χ2v) is 7.30. The van der Waals surface area contributed by atoms with Crippen LogP contribution >= 0.6 is 22.9 Å². The lowest BCUT2D eigenvalue weighted by atomic mass is 9.76. The van der Waals surface area contributed by atoms with Gasteiger partial charge >= 0.3 is 5.97 Å². The number of nitrogens with one attached hydrogen (secondary N) is 1. The van der Waals surface area contributed by atoms with Gasteiger partial charge in [0.1, 0.15) is 5.54 Å². The summed E-state index contributed by atoms with van der Waals surface area (Å²) < 4.78 is 0.651. The normalized spacial score (nSPS) is 25.9. The fourth-order valence-corrected chi connectivity index (χ4v) is 3.73. The van der Waals surface area contributed by atoms with E-state index in [0.29, 0.717) is 23.1 Å². The summed E-state index contributed by atoms with van der Waals surface area (Å²) in [6, 6.07) is 3.57. The minimum Gasteiger partial charge on any atom is -0.480 e. The number of hydrogen-bond acceptors (Lipinski definition) is 3. The van der Waals surface area contributed by atoms with E-state index in [1.165, 1.54) is 17.4 Å². The fraction of sp³-hybridized carbons (Fsp3) is 0.467. The molecule has 2 atom stereocenters. The molecule has 1 aromatic rings. The number of halogens is 1. The zero-order valence-corrected chi connectivity index (χ0v) is 13.3. The van der Waals surface area contributed by atoms with Crippen LogP contribution in [0.3, 0.4) is 0 Å². The maximum Gasteiger partial charge on any atom is 0.329 e. The minimum absolute atomic E-state index is 0.301. The van der Waals surface area contributed by atoms with E-state index in [9.17, 15) is 14.7 Å². The van der Waals surface area contributed by atoms with Gasteiger partial charge in [0.25, 0.3) is 0 Å². The average molecular weight is 328 g/mol. The summed E-state index contributed by atoms with van der Waals surface area (Å²) in [5.41, 5.74) is -1.13. The molecule has 1 heterocycles. The van der Waals surface area contributed by atoms with Crippen molar-refractivity contribution in [2.24, 2.45) is 5.92 Å². The SMILES string of the molecule is CC1CCCC(NC(=O)C=Cc2ccc(Cl)s2)(C(=O)O)C1. The van der Waals surface area contributed by atoms with Crippen molar-refractivity contribution in [1.82, 2.24) is 5.32 Å². The summed E-state index contributed by atoms with van der Waals surface area (Å²) >= 11 is 7.18. The smallest absolute Gasteiger partial charge is 0.329 e. The standard InChI is InChI=1S/C15H18ClNO3S/c1-10-3-2-8-15(9-10,14(19)20)17-13(18)7-5-11-4-6-12(16)21-11/h4-7,10H,2-3,8-9H2,1H3,(H,17,18)(H,19,20). The molecule has 0 aliphatic heterocycles. The number of aliphatic carboxylic acids is 1. The number of carbonyl (C=O) groups is 2. The molecule has 0 aromatic carbocycles. The van der Waals surface area contributed by atoms with Gasteiger partial charge in [0.2, 0.25) is 5.91 Å². The number of amides is 1. The predicted molar refractivity (Wildman–Crippen MR) is 84.5 cm³/mol. The van der Waals surface area contributed by atoms with Crippen LogP contribution in [0.25, 0.3) is 6.08 Å². The Morgan fingerprint density at radius 2 is 2.29 bits per heavy atom. The number of hydrogen-bond donors (Lipinski definition) is 2. The Balaban J connectivity index is 2.05. The first-order valence-corrected chi connectivity index (χ1v) is 8.10. The highest BCUT2D eigenvalue weighted by atomic mass is 35.5. The van der Waals surface area contributed by atoms with Crippen LogP contribution in [0, 0.1) is 5.92 Å². The van der Waals surface area contributed by atoms with Crippen LogP contribution in [0.5, 0.6) is 0 Å². The first-order valence-electron chi connectivity index (χ1n) is 6.90. The van der Waals surface area contributed by atoms with E-state index in [4.69, 9.17) is 11.6 Å². The highest BCUT2D eigenvalue weighted by Crippen LogP contribution is 2.32. The highest BCUT2D eigenvalue weighted by molar-refractivity contribution is 7.17. The molecule has 1 fully saturated rings. The summed E-state index contributed by atoms with van der Waals surface area (Å²) in [6.07, 6.45) is 5.80. The van der Waals surface area contributed by atoms with Gasteiger partial charge in [-0.2, -0.15) is 0 Å². The van der Waals surface area contributed by atoms with E-state index in [1.54, 1.807) is 12.1 Å². The molecule has 2 rings (SSSR count). The Morgan fingerprint density at radius 1 is 1.52 bits per heavy atom. The molecule has 0 bridgehead atoms. The van der Waals surface area contributed by atoms with Gasteiger partial charge in [-0.05, 0) is 37.0 Å². The number of carbonyl (C=O) groups excluding carboxylic acids is 1. The molecule has 1 saturated carbocycles. The Hall–Kier alpha value is -1.33. The van der Waals surface area contributed by atoms with E-state index in [1.807, 2.05) is 13.0 Å². The van der Waals surface area contributed by atoms with Crippen LogP contribution < -0.4 is 5.32 Å². The second kappa shape index (κ2) is 6.62. The van der Waals surface area contributed by atoms with Crippen molar-refractivity contribution in [2.45, 2.75) is 38.1 Å². The zero-order chi connectivity index (χ0) is 15.5. The average Bonchev–Trinajstić information content (AvgIpc) is 2.82. The summed E-state index contributed by atoms with van der Waals surface area (Å²) in [5, 5.41) is 12.2. The zero-order valence-electron chi connectivity index (χ0n) is 11.8. The molecule has 1 amide bonds. The summed E-state index contributed by atoms with van der Waals surface area (Å²) in [7, 11) is 0. The molecular formula is C15H18ClNO3S. The highest BCUT2D eigenvalue weighted by Gasteiger charge is 2.42. The van der Waals surface area contributed by atoms with Crippen LogP contribution in [0.4, 0.5) is 0 Å². The first kappa shape index (κ1) is 16.0. The van der Waals surface area contributed by atoms with Crippen molar-refractivity contribution in [3.8, 4) is 0 Å². The molecule has 2 unspecified atom stereocenters. The van der Waals surface area contributed by atoms with Crippen molar-refractivity contribution in [3.63, 3.8) is 0 Å². The maximum absolute atomic E-state index is 12.0. The number of rotatable bonds is 4. The Morgan fingerprint density at radius 3 is 2.86 bits per heavy atom. The van der Waals surface area contributed by atoms with Crippen LogP contribution in [-0.2, 0) is 9.59 Å². The van der Waals surface area contributed by atoms with E-state index in [-0.39, 0.29) is 5.91 Å². The van der Waals surface area contributed by atoms with Crippen molar-refractivity contribution in [1.29, 1.82) is 0 Å². The van der Waals surface area contributed by atoms with Crippen LogP contribution in [0.15, 0.2) is 18.2 Å². The lowest BCUT2D eigenvalue weighted by Crippen LogP contribution is -2.56. The fourth-order valence-electron chi connectivity index (χ4n) is 2.77. The van der Waals surface area contributed by atoms with Crippen molar-refractivity contribution in [3.05, 3.63) is 27.4 Å². The van der Waals surface area contributed by atoms with Crippen molar-refractivity contribution in [2.75, 3.05) is 0 Å². The van der Waals surface area contributed by atoms with Crippen LogP contribution in [0.1, 0.15) is 37.5 Å². The lowest BCUT2D eigenvalue weighted by molar-refractivity contribution is -0.149. The van der Waals surface area contributed by atoms with Gasteiger partial charge in [0, 0.05) is 11.0 Å². The number of carboxylic acids is 1. The largest absolute Gasteiger partial charge is 0.480 e. The third kappa shape index (κ3) is 4.08. The van der Waals surface area contributed by atoms with Gasteiger partial charge in [0.15, 0.2) is 0 Å². The quantitative estimate of drug-likeness (QED) is 0.831. The van der Waals surface area contributed by atoms with Crippen molar-refractivity contribution >= 4 is 40.9 Å².